The van der Waals surface area contributed by atoms with Gasteiger partial charge in [0.15, 0.2) is 10.3 Å². The molecule has 4 aromatic rings. The SMILES string of the molecule is O=C(CSc1ncc(-c2cccc([N+](=O)[O-])c2)n1-c1ccc(F)cc1)Nc1nccs1. The van der Waals surface area contributed by atoms with E-state index in [-0.39, 0.29) is 17.3 Å². The van der Waals surface area contributed by atoms with Crippen LogP contribution in [0.15, 0.2) is 71.5 Å². The summed E-state index contributed by atoms with van der Waals surface area (Å²) in [6.45, 7) is 0. The normalized spacial score (nSPS) is 10.7. The first-order valence-corrected chi connectivity index (χ1v) is 10.8. The number of nitrogens with zero attached hydrogens (tertiary/aromatic N) is 4. The second kappa shape index (κ2) is 9.06. The van der Waals surface area contributed by atoms with Gasteiger partial charge in [-0.3, -0.25) is 19.5 Å². The van der Waals surface area contributed by atoms with Crippen LogP contribution in [-0.4, -0.2) is 31.1 Å². The smallest absolute Gasteiger partial charge is 0.270 e. The summed E-state index contributed by atoms with van der Waals surface area (Å²) in [7, 11) is 0. The number of nitro groups is 1. The highest BCUT2D eigenvalue weighted by Gasteiger charge is 2.18. The maximum absolute atomic E-state index is 13.5. The monoisotopic (exact) mass is 455 g/mol. The van der Waals surface area contributed by atoms with E-state index in [0.29, 0.717) is 27.2 Å². The van der Waals surface area contributed by atoms with Crippen molar-refractivity contribution in [2.45, 2.75) is 5.16 Å². The average Bonchev–Trinajstić information content (AvgIpc) is 3.43. The first-order valence-electron chi connectivity index (χ1n) is 8.92. The van der Waals surface area contributed by atoms with Crippen molar-refractivity contribution >= 4 is 39.8 Å². The van der Waals surface area contributed by atoms with Crippen LogP contribution < -0.4 is 5.32 Å². The molecule has 0 spiro atoms. The van der Waals surface area contributed by atoms with E-state index in [9.17, 15) is 19.3 Å². The Morgan fingerprint density at radius 3 is 2.74 bits per heavy atom. The lowest BCUT2D eigenvalue weighted by atomic mass is 10.1. The third-order valence-corrected chi connectivity index (χ3v) is 5.82. The number of thiazole rings is 1. The molecule has 0 aliphatic rings. The topological polar surface area (TPSA) is 103 Å². The van der Waals surface area contributed by atoms with Gasteiger partial charge in [0.1, 0.15) is 5.82 Å². The Labute approximate surface area is 183 Å². The Balaban J connectivity index is 1.67. The van der Waals surface area contributed by atoms with Crippen LogP contribution >= 0.6 is 23.1 Å². The largest absolute Gasteiger partial charge is 0.301 e. The molecule has 0 aliphatic carbocycles. The Morgan fingerprint density at radius 2 is 2.03 bits per heavy atom. The van der Waals surface area contributed by atoms with Gasteiger partial charge in [0.2, 0.25) is 5.91 Å². The summed E-state index contributed by atoms with van der Waals surface area (Å²) >= 11 is 2.51. The summed E-state index contributed by atoms with van der Waals surface area (Å²) in [5.41, 5.74) is 1.72. The molecule has 8 nitrogen and oxygen atoms in total. The van der Waals surface area contributed by atoms with Crippen LogP contribution in [0.2, 0.25) is 0 Å². The number of halogens is 1. The molecular formula is C20H14FN5O3S2. The van der Waals surface area contributed by atoms with Crippen LogP contribution in [0.3, 0.4) is 0 Å². The number of nitro benzene ring substituents is 1. The van der Waals surface area contributed by atoms with Gasteiger partial charge in [0, 0.05) is 35.0 Å². The summed E-state index contributed by atoms with van der Waals surface area (Å²) in [5.74, 6) is -0.560. The lowest BCUT2D eigenvalue weighted by Gasteiger charge is -2.12. The fourth-order valence-electron chi connectivity index (χ4n) is 2.83. The third kappa shape index (κ3) is 4.78. The van der Waals surface area contributed by atoms with Crippen molar-refractivity contribution in [3.05, 3.63) is 82.2 Å². The first kappa shape index (κ1) is 20.7. The van der Waals surface area contributed by atoms with Gasteiger partial charge in [-0.2, -0.15) is 0 Å². The molecule has 0 fully saturated rings. The molecule has 2 heterocycles. The molecule has 0 saturated carbocycles. The second-order valence-corrected chi connectivity index (χ2v) is 8.06. The maximum Gasteiger partial charge on any atom is 0.270 e. The number of aromatic nitrogens is 3. The van der Waals surface area contributed by atoms with E-state index in [2.05, 4.69) is 15.3 Å². The Hall–Kier alpha value is -3.57. The summed E-state index contributed by atoms with van der Waals surface area (Å²) in [6, 6.07) is 12.0. The highest BCUT2D eigenvalue weighted by Crippen LogP contribution is 2.31. The molecule has 4 rings (SSSR count). The van der Waals surface area contributed by atoms with Gasteiger partial charge >= 0.3 is 0 Å². The van der Waals surface area contributed by atoms with Crippen molar-refractivity contribution in [3.8, 4) is 16.9 Å². The lowest BCUT2D eigenvalue weighted by Crippen LogP contribution is -2.14. The van der Waals surface area contributed by atoms with Crippen molar-refractivity contribution < 1.29 is 14.1 Å². The van der Waals surface area contributed by atoms with E-state index in [1.54, 1.807) is 46.6 Å². The molecule has 0 atom stereocenters. The zero-order chi connectivity index (χ0) is 21.8. The number of anilines is 1. The Bertz CT molecular complexity index is 1230. The standard InChI is InChI=1S/C20H14FN5O3S2/c21-14-4-6-15(7-5-14)25-17(13-2-1-3-16(10-13)26(28)29)11-23-20(25)31-12-18(27)24-19-22-8-9-30-19/h1-11H,12H2,(H,22,24,27). The van der Waals surface area contributed by atoms with Crippen LogP contribution in [0.4, 0.5) is 15.2 Å². The highest BCUT2D eigenvalue weighted by atomic mass is 32.2. The molecule has 11 heteroatoms. The number of nitrogens with one attached hydrogen (secondary N) is 1. The van der Waals surface area contributed by atoms with E-state index in [0.717, 1.165) is 0 Å². The van der Waals surface area contributed by atoms with E-state index in [4.69, 9.17) is 0 Å². The van der Waals surface area contributed by atoms with Crippen LogP contribution in [0.25, 0.3) is 16.9 Å². The number of benzene rings is 2. The van der Waals surface area contributed by atoms with E-state index in [1.165, 1.54) is 47.4 Å². The quantitative estimate of drug-likeness (QED) is 0.245. The zero-order valence-electron chi connectivity index (χ0n) is 15.8. The minimum absolute atomic E-state index is 0.0543. The van der Waals surface area contributed by atoms with Crippen molar-refractivity contribution in [2.75, 3.05) is 11.1 Å². The molecule has 0 bridgehead atoms. The molecule has 2 aromatic heterocycles. The number of carbonyl (C=O) groups excluding carboxylic acids is 1. The van der Waals surface area contributed by atoms with Crippen LogP contribution in [0.5, 0.6) is 0 Å². The molecule has 31 heavy (non-hydrogen) atoms. The fraction of sp³-hybridized carbons (Fsp3) is 0.0500. The van der Waals surface area contributed by atoms with Gasteiger partial charge < -0.3 is 5.32 Å². The summed E-state index contributed by atoms with van der Waals surface area (Å²) in [6.07, 6.45) is 3.17. The van der Waals surface area contributed by atoms with Crippen molar-refractivity contribution in [3.63, 3.8) is 0 Å². The van der Waals surface area contributed by atoms with Gasteiger partial charge in [-0.05, 0) is 24.3 Å². The summed E-state index contributed by atoms with van der Waals surface area (Å²) < 4.78 is 15.2. The minimum Gasteiger partial charge on any atom is -0.301 e. The fourth-order valence-corrected chi connectivity index (χ4v) is 4.17. The van der Waals surface area contributed by atoms with Gasteiger partial charge in [0.25, 0.3) is 5.69 Å². The molecule has 156 valence electrons. The highest BCUT2D eigenvalue weighted by molar-refractivity contribution is 7.99. The van der Waals surface area contributed by atoms with Crippen molar-refractivity contribution in [1.82, 2.24) is 14.5 Å². The zero-order valence-corrected chi connectivity index (χ0v) is 17.4. The van der Waals surface area contributed by atoms with Crippen molar-refractivity contribution in [2.24, 2.45) is 0 Å². The summed E-state index contributed by atoms with van der Waals surface area (Å²) in [4.78, 5) is 31.4. The number of imidazole rings is 1. The second-order valence-electron chi connectivity index (χ2n) is 6.22. The number of rotatable bonds is 7. The van der Waals surface area contributed by atoms with Gasteiger partial charge in [0.05, 0.1) is 22.6 Å². The number of amides is 1. The number of thioether (sulfide) groups is 1. The average molecular weight is 455 g/mol. The number of carbonyl (C=O) groups is 1. The van der Waals surface area contributed by atoms with E-state index >= 15 is 0 Å². The molecule has 0 radical (unpaired) electrons. The number of non-ortho nitro benzene ring substituents is 1. The van der Waals surface area contributed by atoms with E-state index in [1.807, 2.05) is 0 Å². The molecule has 0 aliphatic heterocycles. The Morgan fingerprint density at radius 1 is 1.23 bits per heavy atom. The third-order valence-electron chi connectivity index (χ3n) is 4.18. The molecule has 1 amide bonds. The Kier molecular flexibility index (Phi) is 6.05. The molecule has 0 unspecified atom stereocenters. The molecule has 2 aromatic carbocycles. The van der Waals surface area contributed by atoms with Gasteiger partial charge in [-0.25, -0.2) is 14.4 Å². The first-order chi connectivity index (χ1) is 15.0. The van der Waals surface area contributed by atoms with Crippen molar-refractivity contribution in [1.29, 1.82) is 0 Å². The molecule has 1 N–H and O–H groups in total. The number of hydrogen-bond donors (Lipinski definition) is 1. The van der Waals surface area contributed by atoms with Crippen LogP contribution in [-0.2, 0) is 4.79 Å². The molecular weight excluding hydrogens is 441 g/mol. The van der Waals surface area contributed by atoms with Gasteiger partial charge in [-0.1, -0.05) is 23.9 Å². The minimum atomic E-state index is -0.472. The van der Waals surface area contributed by atoms with Crippen LogP contribution in [0, 0.1) is 15.9 Å². The summed E-state index contributed by atoms with van der Waals surface area (Å²) in [5, 5.41) is 16.6. The predicted octanol–water partition coefficient (Wildman–Crippen LogP) is 4.77. The predicted molar refractivity (Wildman–Crippen MR) is 117 cm³/mol. The lowest BCUT2D eigenvalue weighted by molar-refractivity contribution is -0.384. The van der Waals surface area contributed by atoms with E-state index < -0.39 is 10.7 Å². The number of hydrogen-bond acceptors (Lipinski definition) is 7. The molecule has 0 saturated heterocycles. The van der Waals surface area contributed by atoms with Gasteiger partial charge in [-0.15, -0.1) is 11.3 Å². The maximum atomic E-state index is 13.5. The van der Waals surface area contributed by atoms with Crippen LogP contribution in [0.1, 0.15) is 0 Å².